The molecule has 0 fully saturated rings. The van der Waals surface area contributed by atoms with E-state index in [1.807, 2.05) is 34.7 Å². The van der Waals surface area contributed by atoms with E-state index in [1.54, 1.807) is 16.2 Å². The summed E-state index contributed by atoms with van der Waals surface area (Å²) in [7, 11) is 1.82. The molecular formula is C12H21N3OS. The van der Waals surface area contributed by atoms with E-state index in [0.29, 0.717) is 6.42 Å². The van der Waals surface area contributed by atoms with Crippen LogP contribution in [0.3, 0.4) is 0 Å². The van der Waals surface area contributed by atoms with Gasteiger partial charge in [-0.05, 0) is 27.7 Å². The molecular weight excluding hydrogens is 234 g/mol. The predicted molar refractivity (Wildman–Crippen MR) is 71.0 cm³/mol. The Hall–Kier alpha value is -0.940. The van der Waals surface area contributed by atoms with Gasteiger partial charge in [0.2, 0.25) is 5.91 Å². The topological polar surface area (TPSA) is 59.2 Å². The van der Waals surface area contributed by atoms with Crippen LogP contribution in [0.4, 0.5) is 0 Å². The lowest BCUT2D eigenvalue weighted by Gasteiger charge is -2.25. The molecule has 0 bridgehead atoms. The molecule has 0 spiro atoms. The maximum Gasteiger partial charge on any atom is 0.224 e. The van der Waals surface area contributed by atoms with Crippen LogP contribution in [0.25, 0.3) is 0 Å². The lowest BCUT2D eigenvalue weighted by molar-refractivity contribution is -0.132. The van der Waals surface area contributed by atoms with Crippen LogP contribution in [0.1, 0.15) is 41.9 Å². The molecule has 0 saturated carbocycles. The number of carbonyl (C=O) groups excluding carboxylic acids is 1. The van der Waals surface area contributed by atoms with Crippen LogP contribution < -0.4 is 5.73 Å². The molecule has 5 heteroatoms. The number of rotatable bonds is 4. The van der Waals surface area contributed by atoms with Gasteiger partial charge >= 0.3 is 0 Å². The van der Waals surface area contributed by atoms with Gasteiger partial charge in [-0.2, -0.15) is 0 Å². The second-order valence-corrected chi connectivity index (χ2v) is 5.78. The average molecular weight is 255 g/mol. The van der Waals surface area contributed by atoms with Gasteiger partial charge in [-0.3, -0.25) is 4.79 Å². The molecule has 1 amide bonds. The Balaban J connectivity index is 2.79. The van der Waals surface area contributed by atoms with Gasteiger partial charge < -0.3 is 10.6 Å². The number of amides is 1. The van der Waals surface area contributed by atoms with Gasteiger partial charge in [0, 0.05) is 24.4 Å². The van der Waals surface area contributed by atoms with Crippen molar-refractivity contribution < 1.29 is 4.79 Å². The zero-order valence-electron chi connectivity index (χ0n) is 11.2. The summed E-state index contributed by atoms with van der Waals surface area (Å²) < 4.78 is 0. The van der Waals surface area contributed by atoms with E-state index < -0.39 is 0 Å². The predicted octanol–water partition coefficient (Wildman–Crippen LogP) is 2.02. The molecule has 0 aliphatic rings. The summed E-state index contributed by atoms with van der Waals surface area (Å²) in [6.45, 7) is 7.84. The first-order valence-electron chi connectivity index (χ1n) is 5.78. The molecule has 17 heavy (non-hydrogen) atoms. The van der Waals surface area contributed by atoms with Crippen LogP contribution in [0.2, 0.25) is 0 Å². The first-order chi connectivity index (χ1) is 7.82. The minimum Gasteiger partial charge on any atom is -0.338 e. The van der Waals surface area contributed by atoms with Crippen molar-refractivity contribution in [3.8, 4) is 0 Å². The Labute approximate surface area is 107 Å². The Morgan fingerprint density at radius 2 is 2.06 bits per heavy atom. The van der Waals surface area contributed by atoms with E-state index in [9.17, 15) is 4.79 Å². The van der Waals surface area contributed by atoms with Crippen molar-refractivity contribution in [3.05, 3.63) is 15.6 Å². The first kappa shape index (κ1) is 14.1. The zero-order valence-corrected chi connectivity index (χ0v) is 12.0. The average Bonchev–Trinajstić information content (AvgIpc) is 2.54. The van der Waals surface area contributed by atoms with Crippen molar-refractivity contribution in [2.75, 3.05) is 7.05 Å². The SMILES string of the molecule is Cc1nc(C)c(C(C)N(C)C(=O)CC(C)N)s1. The largest absolute Gasteiger partial charge is 0.338 e. The Bertz CT molecular complexity index is 400. The number of hydrogen-bond donors (Lipinski definition) is 1. The molecule has 0 aromatic carbocycles. The van der Waals surface area contributed by atoms with Gasteiger partial charge in [0.1, 0.15) is 0 Å². The van der Waals surface area contributed by atoms with Crippen molar-refractivity contribution in [1.29, 1.82) is 0 Å². The number of carbonyl (C=O) groups is 1. The van der Waals surface area contributed by atoms with Crippen molar-refractivity contribution in [3.63, 3.8) is 0 Å². The fourth-order valence-electron chi connectivity index (χ4n) is 1.75. The number of hydrogen-bond acceptors (Lipinski definition) is 4. The molecule has 2 N–H and O–H groups in total. The van der Waals surface area contributed by atoms with E-state index in [-0.39, 0.29) is 18.0 Å². The number of nitrogens with zero attached hydrogens (tertiary/aromatic N) is 2. The zero-order chi connectivity index (χ0) is 13.2. The lowest BCUT2D eigenvalue weighted by Crippen LogP contribution is -2.33. The second kappa shape index (κ2) is 5.60. The summed E-state index contributed by atoms with van der Waals surface area (Å²) >= 11 is 1.65. The third-order valence-electron chi connectivity index (χ3n) is 2.79. The van der Waals surface area contributed by atoms with Crippen LogP contribution in [-0.4, -0.2) is 28.9 Å². The summed E-state index contributed by atoms with van der Waals surface area (Å²) in [4.78, 5) is 19.2. The summed E-state index contributed by atoms with van der Waals surface area (Å²) in [6.07, 6.45) is 0.387. The Kier molecular flexibility index (Phi) is 4.65. The van der Waals surface area contributed by atoms with E-state index in [2.05, 4.69) is 4.98 Å². The van der Waals surface area contributed by atoms with Crippen LogP contribution >= 0.6 is 11.3 Å². The molecule has 0 saturated heterocycles. The summed E-state index contributed by atoms with van der Waals surface area (Å²) in [5.41, 5.74) is 6.66. The van der Waals surface area contributed by atoms with Gasteiger partial charge in [0.05, 0.1) is 16.7 Å². The number of aryl methyl sites for hydroxylation is 2. The second-order valence-electron chi connectivity index (χ2n) is 4.54. The molecule has 1 aromatic heterocycles. The standard InChI is InChI=1S/C12H21N3OS/c1-7(13)6-11(16)15(5)9(3)12-8(2)14-10(4)17-12/h7,9H,6,13H2,1-5H3. The highest BCUT2D eigenvalue weighted by molar-refractivity contribution is 7.11. The molecule has 4 nitrogen and oxygen atoms in total. The summed E-state index contributed by atoms with van der Waals surface area (Å²) in [5, 5.41) is 1.04. The normalized spacial score (nSPS) is 14.5. The first-order valence-corrected chi connectivity index (χ1v) is 6.59. The van der Waals surface area contributed by atoms with Crippen LogP contribution in [0.15, 0.2) is 0 Å². The van der Waals surface area contributed by atoms with E-state index >= 15 is 0 Å². The highest BCUT2D eigenvalue weighted by Crippen LogP contribution is 2.28. The van der Waals surface area contributed by atoms with E-state index in [4.69, 9.17) is 5.73 Å². The maximum atomic E-state index is 11.9. The summed E-state index contributed by atoms with van der Waals surface area (Å²) in [6, 6.07) is -0.0334. The van der Waals surface area contributed by atoms with Gasteiger partial charge in [-0.1, -0.05) is 0 Å². The smallest absolute Gasteiger partial charge is 0.224 e. The minimum atomic E-state index is -0.0959. The van der Waals surface area contributed by atoms with Crippen molar-refractivity contribution in [2.24, 2.45) is 5.73 Å². The van der Waals surface area contributed by atoms with Crippen molar-refractivity contribution in [1.82, 2.24) is 9.88 Å². The molecule has 2 unspecified atom stereocenters. The lowest BCUT2D eigenvalue weighted by atomic mass is 10.1. The maximum absolute atomic E-state index is 11.9. The summed E-state index contributed by atoms with van der Waals surface area (Å²) in [5.74, 6) is 0.0814. The highest BCUT2D eigenvalue weighted by atomic mass is 32.1. The monoisotopic (exact) mass is 255 g/mol. The Morgan fingerprint density at radius 3 is 2.47 bits per heavy atom. The van der Waals surface area contributed by atoms with E-state index in [1.165, 1.54) is 0 Å². The molecule has 1 heterocycles. The molecule has 0 aliphatic carbocycles. The number of aromatic nitrogens is 1. The van der Waals surface area contributed by atoms with Gasteiger partial charge in [0.25, 0.3) is 0 Å². The molecule has 0 aliphatic heterocycles. The number of thiazole rings is 1. The van der Waals surface area contributed by atoms with Crippen LogP contribution in [0, 0.1) is 13.8 Å². The molecule has 96 valence electrons. The third kappa shape index (κ3) is 3.51. The van der Waals surface area contributed by atoms with Crippen LogP contribution in [0.5, 0.6) is 0 Å². The van der Waals surface area contributed by atoms with Gasteiger partial charge in [-0.25, -0.2) is 4.98 Å². The number of nitrogens with two attached hydrogens (primary N) is 1. The third-order valence-corrected chi connectivity index (χ3v) is 4.03. The minimum absolute atomic E-state index is 0.0625. The van der Waals surface area contributed by atoms with Crippen molar-refractivity contribution in [2.45, 2.75) is 46.2 Å². The Morgan fingerprint density at radius 1 is 1.47 bits per heavy atom. The van der Waals surface area contributed by atoms with Gasteiger partial charge in [0.15, 0.2) is 0 Å². The highest BCUT2D eigenvalue weighted by Gasteiger charge is 2.21. The molecule has 1 rings (SSSR count). The fourth-order valence-corrected chi connectivity index (χ4v) is 2.77. The van der Waals surface area contributed by atoms with Crippen LogP contribution in [-0.2, 0) is 4.79 Å². The fraction of sp³-hybridized carbons (Fsp3) is 0.667. The molecule has 2 atom stereocenters. The molecule has 1 aromatic rings. The van der Waals surface area contributed by atoms with E-state index in [0.717, 1.165) is 15.6 Å². The van der Waals surface area contributed by atoms with Gasteiger partial charge in [-0.15, -0.1) is 11.3 Å². The quantitative estimate of drug-likeness (QED) is 0.895. The molecule has 0 radical (unpaired) electrons. The van der Waals surface area contributed by atoms with Crippen molar-refractivity contribution >= 4 is 17.2 Å².